The molecule has 2 heteroatoms. The highest BCUT2D eigenvalue weighted by molar-refractivity contribution is 5.42. The fraction of sp³-hybridized carbons (Fsp3) is 0.538. The van der Waals surface area contributed by atoms with E-state index >= 15 is 0 Å². The third kappa shape index (κ3) is 2.00. The van der Waals surface area contributed by atoms with Crippen molar-refractivity contribution < 1.29 is 4.74 Å². The molecule has 0 saturated carbocycles. The maximum absolute atomic E-state index is 6.08. The van der Waals surface area contributed by atoms with Gasteiger partial charge in [-0.25, -0.2) is 0 Å². The molecule has 1 heterocycles. The Kier molecular flexibility index (Phi) is 2.47. The van der Waals surface area contributed by atoms with Crippen molar-refractivity contribution >= 4 is 0 Å². The Morgan fingerprint density at radius 3 is 2.73 bits per heavy atom. The van der Waals surface area contributed by atoms with Crippen LogP contribution in [0.4, 0.5) is 0 Å². The SMILES string of the molecule is CC(C)(C)c1ccc2c(c1)[C@@H](N)CCO2. The Morgan fingerprint density at radius 1 is 1.33 bits per heavy atom. The van der Waals surface area contributed by atoms with E-state index in [9.17, 15) is 0 Å². The van der Waals surface area contributed by atoms with Gasteiger partial charge in [0.25, 0.3) is 0 Å². The quantitative estimate of drug-likeness (QED) is 0.707. The molecule has 1 aromatic rings. The summed E-state index contributed by atoms with van der Waals surface area (Å²) in [4.78, 5) is 0. The first-order valence-corrected chi connectivity index (χ1v) is 5.51. The molecule has 1 aliphatic heterocycles. The summed E-state index contributed by atoms with van der Waals surface area (Å²) in [7, 11) is 0. The van der Waals surface area contributed by atoms with Crippen molar-refractivity contribution in [1.82, 2.24) is 0 Å². The van der Waals surface area contributed by atoms with Crippen LogP contribution in [-0.4, -0.2) is 6.61 Å². The minimum atomic E-state index is 0.135. The highest BCUT2D eigenvalue weighted by Crippen LogP contribution is 2.34. The van der Waals surface area contributed by atoms with Gasteiger partial charge >= 0.3 is 0 Å². The summed E-state index contributed by atoms with van der Waals surface area (Å²) in [5.74, 6) is 0.960. The summed E-state index contributed by atoms with van der Waals surface area (Å²) < 4.78 is 5.58. The number of rotatable bonds is 0. The van der Waals surface area contributed by atoms with Gasteiger partial charge in [-0.3, -0.25) is 0 Å². The van der Waals surface area contributed by atoms with Crippen LogP contribution in [0.2, 0.25) is 0 Å². The van der Waals surface area contributed by atoms with E-state index in [0.29, 0.717) is 0 Å². The van der Waals surface area contributed by atoms with E-state index in [0.717, 1.165) is 24.3 Å². The van der Waals surface area contributed by atoms with Crippen LogP contribution in [0.25, 0.3) is 0 Å². The molecular weight excluding hydrogens is 186 g/mol. The second kappa shape index (κ2) is 3.53. The highest BCUT2D eigenvalue weighted by Gasteiger charge is 2.21. The molecule has 0 aromatic heterocycles. The third-order valence-electron chi connectivity index (χ3n) is 2.96. The lowest BCUT2D eigenvalue weighted by Crippen LogP contribution is -2.22. The van der Waals surface area contributed by atoms with Crippen LogP contribution in [0.5, 0.6) is 5.75 Å². The summed E-state index contributed by atoms with van der Waals surface area (Å²) in [6.45, 7) is 7.38. The number of benzene rings is 1. The molecule has 0 aliphatic carbocycles. The smallest absolute Gasteiger partial charge is 0.124 e. The molecule has 15 heavy (non-hydrogen) atoms. The number of hydrogen-bond acceptors (Lipinski definition) is 2. The summed E-state index contributed by atoms with van der Waals surface area (Å²) in [6, 6.07) is 6.52. The van der Waals surface area contributed by atoms with Gasteiger partial charge in [0.1, 0.15) is 5.75 Å². The van der Waals surface area contributed by atoms with E-state index in [-0.39, 0.29) is 11.5 Å². The first-order chi connectivity index (χ1) is 6.98. The third-order valence-corrected chi connectivity index (χ3v) is 2.96. The van der Waals surface area contributed by atoms with E-state index in [1.54, 1.807) is 0 Å². The van der Waals surface area contributed by atoms with Gasteiger partial charge < -0.3 is 10.5 Å². The van der Waals surface area contributed by atoms with Crippen molar-refractivity contribution in [3.8, 4) is 5.75 Å². The van der Waals surface area contributed by atoms with Crippen molar-refractivity contribution in [2.75, 3.05) is 6.61 Å². The van der Waals surface area contributed by atoms with Gasteiger partial charge in [-0.1, -0.05) is 32.9 Å². The maximum atomic E-state index is 6.08. The van der Waals surface area contributed by atoms with Crippen LogP contribution in [0.15, 0.2) is 18.2 Å². The predicted molar refractivity (Wildman–Crippen MR) is 62.2 cm³/mol. The zero-order valence-electron chi connectivity index (χ0n) is 9.71. The first-order valence-electron chi connectivity index (χ1n) is 5.51. The van der Waals surface area contributed by atoms with Crippen LogP contribution < -0.4 is 10.5 Å². The number of hydrogen-bond donors (Lipinski definition) is 1. The Morgan fingerprint density at radius 2 is 2.07 bits per heavy atom. The van der Waals surface area contributed by atoms with E-state index in [1.807, 2.05) is 0 Å². The normalized spacial score (nSPS) is 20.7. The van der Waals surface area contributed by atoms with Crippen molar-refractivity contribution in [1.29, 1.82) is 0 Å². The molecule has 0 bridgehead atoms. The van der Waals surface area contributed by atoms with Crippen LogP contribution >= 0.6 is 0 Å². The lowest BCUT2D eigenvalue weighted by molar-refractivity contribution is 0.268. The van der Waals surface area contributed by atoms with Crippen molar-refractivity contribution in [2.24, 2.45) is 5.73 Å². The van der Waals surface area contributed by atoms with Crippen LogP contribution in [0.1, 0.15) is 44.4 Å². The van der Waals surface area contributed by atoms with Crippen LogP contribution in [0.3, 0.4) is 0 Å². The number of ether oxygens (including phenoxy) is 1. The average molecular weight is 205 g/mol. The van der Waals surface area contributed by atoms with Gasteiger partial charge in [-0.2, -0.15) is 0 Å². The van der Waals surface area contributed by atoms with E-state index < -0.39 is 0 Å². The lowest BCUT2D eigenvalue weighted by Gasteiger charge is -2.26. The molecule has 0 saturated heterocycles. The van der Waals surface area contributed by atoms with Crippen molar-refractivity contribution in [2.45, 2.75) is 38.6 Å². The minimum Gasteiger partial charge on any atom is -0.493 e. The number of fused-ring (bicyclic) bond motifs is 1. The fourth-order valence-corrected chi connectivity index (χ4v) is 1.89. The zero-order valence-corrected chi connectivity index (χ0v) is 9.71. The summed E-state index contributed by atoms with van der Waals surface area (Å²) >= 11 is 0. The van der Waals surface area contributed by atoms with Gasteiger partial charge in [0.15, 0.2) is 0 Å². The number of nitrogens with two attached hydrogens (primary N) is 1. The predicted octanol–water partition coefficient (Wildman–Crippen LogP) is 2.77. The van der Waals surface area contributed by atoms with Crippen molar-refractivity contribution in [3.05, 3.63) is 29.3 Å². The first kappa shape index (κ1) is 10.5. The van der Waals surface area contributed by atoms with Gasteiger partial charge in [0.2, 0.25) is 0 Å². The maximum Gasteiger partial charge on any atom is 0.124 e. The lowest BCUT2D eigenvalue weighted by atomic mass is 9.84. The Hall–Kier alpha value is -1.02. The topological polar surface area (TPSA) is 35.2 Å². The molecule has 2 N–H and O–H groups in total. The summed E-state index contributed by atoms with van der Waals surface area (Å²) in [6.07, 6.45) is 0.917. The van der Waals surface area contributed by atoms with Gasteiger partial charge in [0, 0.05) is 18.0 Å². The summed E-state index contributed by atoms with van der Waals surface area (Å²) in [5, 5.41) is 0. The Labute approximate surface area is 91.4 Å². The zero-order chi connectivity index (χ0) is 11.1. The molecule has 0 fully saturated rings. The molecule has 82 valence electrons. The second-order valence-corrected chi connectivity index (χ2v) is 5.25. The van der Waals surface area contributed by atoms with Gasteiger partial charge in [-0.15, -0.1) is 0 Å². The van der Waals surface area contributed by atoms with Crippen LogP contribution in [-0.2, 0) is 5.41 Å². The van der Waals surface area contributed by atoms with E-state index in [1.165, 1.54) is 5.56 Å². The molecule has 0 radical (unpaired) electrons. The molecular formula is C13H19NO. The fourth-order valence-electron chi connectivity index (χ4n) is 1.89. The van der Waals surface area contributed by atoms with E-state index in [2.05, 4.69) is 39.0 Å². The largest absolute Gasteiger partial charge is 0.493 e. The molecule has 1 atom stereocenters. The average Bonchev–Trinajstić information content (AvgIpc) is 2.16. The Balaban J connectivity index is 2.44. The van der Waals surface area contributed by atoms with Crippen molar-refractivity contribution in [3.63, 3.8) is 0 Å². The molecule has 2 nitrogen and oxygen atoms in total. The van der Waals surface area contributed by atoms with Gasteiger partial charge in [-0.05, 0) is 17.0 Å². The monoisotopic (exact) mass is 205 g/mol. The molecule has 1 aliphatic rings. The Bertz CT molecular complexity index is 365. The summed E-state index contributed by atoms with van der Waals surface area (Å²) in [5.41, 5.74) is 8.73. The molecule has 2 rings (SSSR count). The molecule has 0 unspecified atom stereocenters. The van der Waals surface area contributed by atoms with Gasteiger partial charge in [0.05, 0.1) is 6.61 Å². The minimum absolute atomic E-state index is 0.135. The molecule has 0 amide bonds. The molecule has 1 aromatic carbocycles. The standard InChI is InChI=1S/C13H19NO/c1-13(2,3)9-4-5-12-10(8-9)11(14)6-7-15-12/h4-5,8,11H,6-7,14H2,1-3H3/t11-/m0/s1. The molecule has 0 spiro atoms. The van der Waals surface area contributed by atoms with E-state index in [4.69, 9.17) is 10.5 Å². The highest BCUT2D eigenvalue weighted by atomic mass is 16.5. The second-order valence-electron chi connectivity index (χ2n) is 5.25. The van der Waals surface area contributed by atoms with Crippen LogP contribution in [0, 0.1) is 0 Å².